The van der Waals surface area contributed by atoms with Crippen molar-refractivity contribution in [3.63, 3.8) is 0 Å². The molecule has 0 spiro atoms. The van der Waals surface area contributed by atoms with Crippen LogP contribution in [0.1, 0.15) is 36.4 Å². The van der Waals surface area contributed by atoms with E-state index in [0.29, 0.717) is 25.7 Å². The lowest BCUT2D eigenvalue weighted by atomic mass is 10.0. The number of carbonyl (C=O) groups is 1. The second kappa shape index (κ2) is 9.06. The van der Waals surface area contributed by atoms with E-state index in [4.69, 9.17) is 5.11 Å². The number of benzene rings is 2. The molecule has 2 rings (SSSR count). The zero-order valence-electron chi connectivity index (χ0n) is 13.0. The second-order valence-electron chi connectivity index (χ2n) is 5.52. The van der Waals surface area contributed by atoms with Gasteiger partial charge in [-0.05, 0) is 42.5 Å². The van der Waals surface area contributed by atoms with E-state index in [2.05, 4.69) is 5.32 Å². The van der Waals surface area contributed by atoms with Crippen LogP contribution >= 0.6 is 0 Å². The van der Waals surface area contributed by atoms with Gasteiger partial charge in [0.1, 0.15) is 5.82 Å². The SMILES string of the molecule is O=C(CCc1ccc(F)cc1)NC(CCCO)c1ccccc1. The van der Waals surface area contributed by atoms with Crippen LogP contribution in [0, 0.1) is 5.82 Å². The number of aliphatic hydroxyl groups excluding tert-OH is 1. The molecule has 1 unspecified atom stereocenters. The monoisotopic (exact) mass is 315 g/mol. The van der Waals surface area contributed by atoms with Gasteiger partial charge in [0, 0.05) is 13.0 Å². The minimum atomic E-state index is -0.272. The maximum absolute atomic E-state index is 12.9. The van der Waals surface area contributed by atoms with E-state index >= 15 is 0 Å². The lowest BCUT2D eigenvalue weighted by Gasteiger charge is -2.19. The van der Waals surface area contributed by atoms with Crippen molar-refractivity contribution in [1.82, 2.24) is 5.32 Å². The average Bonchev–Trinajstić information content (AvgIpc) is 2.59. The molecule has 2 aromatic carbocycles. The normalized spacial score (nSPS) is 11.9. The average molecular weight is 315 g/mol. The first-order chi connectivity index (χ1) is 11.2. The first kappa shape index (κ1) is 17.2. The number of amides is 1. The van der Waals surface area contributed by atoms with Crippen LogP contribution in [0.4, 0.5) is 4.39 Å². The first-order valence-electron chi connectivity index (χ1n) is 7.88. The van der Waals surface area contributed by atoms with E-state index in [-0.39, 0.29) is 24.4 Å². The van der Waals surface area contributed by atoms with Gasteiger partial charge < -0.3 is 10.4 Å². The molecular weight excluding hydrogens is 293 g/mol. The second-order valence-corrected chi connectivity index (χ2v) is 5.52. The van der Waals surface area contributed by atoms with Gasteiger partial charge in [0.2, 0.25) is 5.91 Å². The summed E-state index contributed by atoms with van der Waals surface area (Å²) in [5, 5.41) is 12.1. The molecule has 0 heterocycles. The van der Waals surface area contributed by atoms with Crippen LogP contribution in [-0.4, -0.2) is 17.6 Å². The molecule has 0 fully saturated rings. The van der Waals surface area contributed by atoms with E-state index in [1.165, 1.54) is 12.1 Å². The van der Waals surface area contributed by atoms with Gasteiger partial charge in [-0.3, -0.25) is 4.79 Å². The van der Waals surface area contributed by atoms with Crippen LogP contribution in [0.15, 0.2) is 54.6 Å². The molecule has 0 saturated carbocycles. The predicted octanol–water partition coefficient (Wildman–Crippen LogP) is 3.39. The Morgan fingerprint density at radius 2 is 1.78 bits per heavy atom. The van der Waals surface area contributed by atoms with Crippen LogP contribution in [0.5, 0.6) is 0 Å². The third kappa shape index (κ3) is 5.83. The minimum Gasteiger partial charge on any atom is -0.396 e. The topological polar surface area (TPSA) is 49.3 Å². The molecule has 0 aliphatic rings. The van der Waals surface area contributed by atoms with Crippen LogP contribution in [0.2, 0.25) is 0 Å². The summed E-state index contributed by atoms with van der Waals surface area (Å²) < 4.78 is 12.9. The summed E-state index contributed by atoms with van der Waals surface area (Å²) in [5.74, 6) is -0.313. The highest BCUT2D eigenvalue weighted by atomic mass is 19.1. The number of nitrogens with one attached hydrogen (secondary N) is 1. The van der Waals surface area contributed by atoms with E-state index in [9.17, 15) is 9.18 Å². The molecule has 1 amide bonds. The number of rotatable bonds is 8. The van der Waals surface area contributed by atoms with E-state index in [0.717, 1.165) is 11.1 Å². The highest BCUT2D eigenvalue weighted by Crippen LogP contribution is 2.18. The highest BCUT2D eigenvalue weighted by molar-refractivity contribution is 5.76. The molecule has 0 saturated heterocycles. The Morgan fingerprint density at radius 3 is 2.43 bits per heavy atom. The maximum atomic E-state index is 12.9. The Labute approximate surface area is 136 Å². The molecule has 0 aliphatic carbocycles. The van der Waals surface area contributed by atoms with Crippen molar-refractivity contribution in [2.75, 3.05) is 6.61 Å². The third-order valence-electron chi connectivity index (χ3n) is 3.74. The Balaban J connectivity index is 1.90. The van der Waals surface area contributed by atoms with E-state index in [1.54, 1.807) is 12.1 Å². The van der Waals surface area contributed by atoms with Crippen molar-refractivity contribution in [2.45, 2.75) is 31.7 Å². The molecule has 1 atom stereocenters. The van der Waals surface area contributed by atoms with Gasteiger partial charge in [-0.2, -0.15) is 0 Å². The van der Waals surface area contributed by atoms with Crippen LogP contribution < -0.4 is 5.32 Å². The van der Waals surface area contributed by atoms with Gasteiger partial charge in [-0.25, -0.2) is 4.39 Å². The minimum absolute atomic E-state index is 0.0406. The number of hydrogen-bond donors (Lipinski definition) is 2. The van der Waals surface area contributed by atoms with E-state index < -0.39 is 0 Å². The zero-order valence-corrected chi connectivity index (χ0v) is 13.0. The molecular formula is C19H22FNO2. The van der Waals surface area contributed by atoms with Gasteiger partial charge in [0.25, 0.3) is 0 Å². The third-order valence-corrected chi connectivity index (χ3v) is 3.74. The summed E-state index contributed by atoms with van der Waals surface area (Å²) in [4.78, 5) is 12.2. The fraction of sp³-hybridized carbons (Fsp3) is 0.316. The number of aryl methyl sites for hydroxylation is 1. The van der Waals surface area contributed by atoms with Crippen LogP contribution in [-0.2, 0) is 11.2 Å². The molecule has 0 aliphatic heterocycles. The smallest absolute Gasteiger partial charge is 0.220 e. The van der Waals surface area contributed by atoms with Crippen molar-refractivity contribution in [3.8, 4) is 0 Å². The molecule has 0 bridgehead atoms. The number of carbonyl (C=O) groups excluding carboxylic acids is 1. The summed E-state index contributed by atoms with van der Waals surface area (Å²) >= 11 is 0. The van der Waals surface area contributed by atoms with Gasteiger partial charge in [0.15, 0.2) is 0 Å². The van der Waals surface area contributed by atoms with Crippen molar-refractivity contribution in [3.05, 3.63) is 71.5 Å². The lowest BCUT2D eigenvalue weighted by molar-refractivity contribution is -0.121. The van der Waals surface area contributed by atoms with Gasteiger partial charge in [0.05, 0.1) is 6.04 Å². The summed E-state index contributed by atoms with van der Waals surface area (Å²) in [6.45, 7) is 0.106. The Morgan fingerprint density at radius 1 is 1.09 bits per heavy atom. The van der Waals surface area contributed by atoms with Gasteiger partial charge in [-0.1, -0.05) is 42.5 Å². The molecule has 3 nitrogen and oxygen atoms in total. The molecule has 0 radical (unpaired) electrons. The number of hydrogen-bond acceptors (Lipinski definition) is 2. The molecule has 0 aromatic heterocycles. The fourth-order valence-electron chi connectivity index (χ4n) is 2.48. The standard InChI is InChI=1S/C19H22FNO2/c20-17-11-8-15(9-12-17)10-13-19(23)21-18(7-4-14-22)16-5-2-1-3-6-16/h1-3,5-6,8-9,11-12,18,22H,4,7,10,13-14H2,(H,21,23). The van der Waals surface area contributed by atoms with Gasteiger partial charge >= 0.3 is 0 Å². The molecule has 4 heteroatoms. The Kier molecular flexibility index (Phi) is 6.76. The quantitative estimate of drug-likeness (QED) is 0.784. The lowest BCUT2D eigenvalue weighted by Crippen LogP contribution is -2.29. The Bertz CT molecular complexity index is 599. The Hall–Kier alpha value is -2.20. The molecule has 23 heavy (non-hydrogen) atoms. The van der Waals surface area contributed by atoms with Crippen LogP contribution in [0.25, 0.3) is 0 Å². The number of aliphatic hydroxyl groups is 1. The first-order valence-corrected chi connectivity index (χ1v) is 7.88. The summed E-state index contributed by atoms with van der Waals surface area (Å²) in [6.07, 6.45) is 2.27. The molecule has 2 N–H and O–H groups in total. The summed E-state index contributed by atoms with van der Waals surface area (Å²) in [5.41, 5.74) is 1.98. The highest BCUT2D eigenvalue weighted by Gasteiger charge is 2.14. The summed E-state index contributed by atoms with van der Waals surface area (Å²) in [7, 11) is 0. The fourth-order valence-corrected chi connectivity index (χ4v) is 2.48. The zero-order chi connectivity index (χ0) is 16.5. The van der Waals surface area contributed by atoms with Gasteiger partial charge in [-0.15, -0.1) is 0 Å². The predicted molar refractivity (Wildman–Crippen MR) is 88.4 cm³/mol. The maximum Gasteiger partial charge on any atom is 0.220 e. The summed E-state index contributed by atoms with van der Waals surface area (Å²) in [6, 6.07) is 15.9. The largest absolute Gasteiger partial charge is 0.396 e. The molecule has 122 valence electrons. The molecule has 2 aromatic rings. The van der Waals surface area contributed by atoms with Crippen LogP contribution in [0.3, 0.4) is 0 Å². The van der Waals surface area contributed by atoms with E-state index in [1.807, 2.05) is 30.3 Å². The van der Waals surface area contributed by atoms with Crippen molar-refractivity contribution in [1.29, 1.82) is 0 Å². The number of halogens is 1. The van der Waals surface area contributed by atoms with Crippen molar-refractivity contribution in [2.24, 2.45) is 0 Å². The van der Waals surface area contributed by atoms with Crippen molar-refractivity contribution >= 4 is 5.91 Å². The van der Waals surface area contributed by atoms with Crippen molar-refractivity contribution < 1.29 is 14.3 Å².